The Bertz CT molecular complexity index is 1190. The summed E-state index contributed by atoms with van der Waals surface area (Å²) in [6.45, 7) is 2.37. The van der Waals surface area contributed by atoms with Gasteiger partial charge in [0.1, 0.15) is 11.6 Å². The Hall–Kier alpha value is -3.19. The van der Waals surface area contributed by atoms with E-state index in [1.165, 1.54) is 12.1 Å². The minimum Gasteiger partial charge on any atom is -0.481 e. The van der Waals surface area contributed by atoms with Crippen molar-refractivity contribution in [2.24, 2.45) is 5.92 Å². The van der Waals surface area contributed by atoms with Gasteiger partial charge in [-0.3, -0.25) is 14.6 Å². The van der Waals surface area contributed by atoms with Crippen LogP contribution in [0.5, 0.6) is 5.75 Å². The molecule has 3 aromatic rings. The van der Waals surface area contributed by atoms with Crippen molar-refractivity contribution < 1.29 is 23.8 Å². The average molecular weight is 457 g/mol. The molecule has 1 aliphatic heterocycles. The zero-order valence-corrected chi connectivity index (χ0v) is 18.2. The van der Waals surface area contributed by atoms with E-state index in [-0.39, 0.29) is 12.5 Å². The van der Waals surface area contributed by atoms with E-state index >= 15 is 0 Å². The van der Waals surface area contributed by atoms with E-state index in [0.29, 0.717) is 41.2 Å². The topological polar surface area (TPSA) is 79.7 Å². The standard InChI is InChI=1S/C24H22ClFN2O4/c1-14(23(29)28-10-2-3-15(13-28)24(30)31)32-17-5-7-20-18(8-9-27-22(20)12-17)19-6-4-16(26)11-21(19)25/h4-9,11-12,14-15H,2-3,10,13H2,1H3,(H,30,31)/t14?,15-/m0/s1. The number of carboxylic acids is 1. The third-order valence-corrected chi connectivity index (χ3v) is 5.99. The van der Waals surface area contributed by atoms with Gasteiger partial charge in [0.2, 0.25) is 0 Å². The highest BCUT2D eigenvalue weighted by Gasteiger charge is 2.31. The zero-order chi connectivity index (χ0) is 22.8. The summed E-state index contributed by atoms with van der Waals surface area (Å²) in [6.07, 6.45) is 2.10. The number of fused-ring (bicyclic) bond motifs is 1. The number of nitrogens with zero attached hydrogens (tertiary/aromatic N) is 2. The van der Waals surface area contributed by atoms with Gasteiger partial charge in [0.05, 0.1) is 16.5 Å². The van der Waals surface area contributed by atoms with Crippen molar-refractivity contribution in [3.8, 4) is 16.9 Å². The molecular weight excluding hydrogens is 435 g/mol. The molecule has 0 aliphatic carbocycles. The maximum absolute atomic E-state index is 13.4. The van der Waals surface area contributed by atoms with E-state index in [9.17, 15) is 19.1 Å². The summed E-state index contributed by atoms with van der Waals surface area (Å²) in [7, 11) is 0. The molecule has 2 atom stereocenters. The summed E-state index contributed by atoms with van der Waals surface area (Å²) in [6, 6.07) is 11.4. The number of hydrogen-bond donors (Lipinski definition) is 1. The van der Waals surface area contributed by atoms with Crippen LogP contribution in [0.3, 0.4) is 0 Å². The molecule has 4 rings (SSSR count). The van der Waals surface area contributed by atoms with E-state index < -0.39 is 23.8 Å². The van der Waals surface area contributed by atoms with E-state index in [4.69, 9.17) is 16.3 Å². The van der Waals surface area contributed by atoms with Crippen molar-refractivity contribution in [2.75, 3.05) is 13.1 Å². The van der Waals surface area contributed by atoms with Gasteiger partial charge in [-0.2, -0.15) is 0 Å². The van der Waals surface area contributed by atoms with Crippen molar-refractivity contribution in [2.45, 2.75) is 25.9 Å². The van der Waals surface area contributed by atoms with Crippen LogP contribution in [0.25, 0.3) is 22.0 Å². The monoisotopic (exact) mass is 456 g/mol. The smallest absolute Gasteiger partial charge is 0.308 e. The largest absolute Gasteiger partial charge is 0.481 e. The SMILES string of the molecule is CC(Oc1ccc2c(-c3ccc(F)cc3Cl)ccnc2c1)C(=O)N1CCC[C@H](C(=O)O)C1. The molecule has 1 unspecified atom stereocenters. The number of carboxylic acid groups (broad SMARTS) is 1. The number of carbonyl (C=O) groups is 2. The van der Waals surface area contributed by atoms with E-state index in [0.717, 1.165) is 10.9 Å². The van der Waals surface area contributed by atoms with Gasteiger partial charge in [0.25, 0.3) is 5.91 Å². The lowest BCUT2D eigenvalue weighted by Crippen LogP contribution is -2.47. The van der Waals surface area contributed by atoms with Gasteiger partial charge in [-0.1, -0.05) is 11.6 Å². The predicted molar refractivity (Wildman–Crippen MR) is 119 cm³/mol. The Morgan fingerprint density at radius 2 is 2.03 bits per heavy atom. The summed E-state index contributed by atoms with van der Waals surface area (Å²) < 4.78 is 19.3. The second-order valence-electron chi connectivity index (χ2n) is 7.88. The van der Waals surface area contributed by atoms with Crippen LogP contribution in [0.1, 0.15) is 19.8 Å². The molecule has 8 heteroatoms. The first-order valence-corrected chi connectivity index (χ1v) is 10.7. The van der Waals surface area contributed by atoms with E-state index in [2.05, 4.69) is 4.98 Å². The van der Waals surface area contributed by atoms with Crippen molar-refractivity contribution in [3.05, 3.63) is 59.5 Å². The Morgan fingerprint density at radius 3 is 2.78 bits per heavy atom. The Kier molecular flexibility index (Phi) is 6.28. The molecule has 166 valence electrons. The Morgan fingerprint density at radius 1 is 1.22 bits per heavy atom. The maximum Gasteiger partial charge on any atom is 0.308 e. The van der Waals surface area contributed by atoms with Gasteiger partial charge < -0.3 is 14.7 Å². The number of ether oxygens (including phenoxy) is 1. The molecule has 1 fully saturated rings. The van der Waals surface area contributed by atoms with Crippen LogP contribution in [0, 0.1) is 11.7 Å². The van der Waals surface area contributed by atoms with Crippen molar-refractivity contribution in [1.29, 1.82) is 0 Å². The van der Waals surface area contributed by atoms with Crippen molar-refractivity contribution in [3.63, 3.8) is 0 Å². The summed E-state index contributed by atoms with van der Waals surface area (Å²) in [5.74, 6) is -1.60. The summed E-state index contributed by atoms with van der Waals surface area (Å²) in [5.41, 5.74) is 2.14. The lowest BCUT2D eigenvalue weighted by atomic mass is 9.98. The number of benzene rings is 2. The van der Waals surface area contributed by atoms with Crippen LogP contribution < -0.4 is 4.74 Å². The van der Waals surface area contributed by atoms with Crippen LogP contribution in [0.2, 0.25) is 5.02 Å². The van der Waals surface area contributed by atoms with Crippen molar-refractivity contribution >= 4 is 34.4 Å². The first kappa shape index (κ1) is 22.0. The molecule has 0 bridgehead atoms. The second kappa shape index (κ2) is 9.12. The quantitative estimate of drug-likeness (QED) is 0.597. The Labute approximate surface area is 189 Å². The number of carbonyl (C=O) groups excluding carboxylic acids is 1. The molecule has 6 nitrogen and oxygen atoms in total. The van der Waals surface area contributed by atoms with Crippen LogP contribution >= 0.6 is 11.6 Å². The summed E-state index contributed by atoms with van der Waals surface area (Å²) >= 11 is 6.24. The number of rotatable bonds is 5. The number of amides is 1. The van der Waals surface area contributed by atoms with Crippen LogP contribution in [0.4, 0.5) is 4.39 Å². The molecule has 1 saturated heterocycles. The Balaban J connectivity index is 1.54. The lowest BCUT2D eigenvalue weighted by molar-refractivity contribution is -0.147. The molecule has 1 aliphatic rings. The van der Waals surface area contributed by atoms with Gasteiger partial charge in [-0.25, -0.2) is 4.39 Å². The third kappa shape index (κ3) is 4.53. The fourth-order valence-electron chi connectivity index (χ4n) is 4.03. The molecular formula is C24H22ClFN2O4. The number of halogens is 2. The molecule has 0 spiro atoms. The summed E-state index contributed by atoms with van der Waals surface area (Å²) in [5, 5.41) is 10.4. The molecule has 1 N–H and O–H groups in total. The van der Waals surface area contributed by atoms with Gasteiger partial charge in [-0.05, 0) is 61.7 Å². The average Bonchev–Trinajstić information content (AvgIpc) is 2.78. The summed E-state index contributed by atoms with van der Waals surface area (Å²) in [4.78, 5) is 30.0. The molecule has 0 radical (unpaired) electrons. The van der Waals surface area contributed by atoms with Crippen LogP contribution in [0.15, 0.2) is 48.7 Å². The molecule has 2 heterocycles. The van der Waals surface area contributed by atoms with E-state index in [1.807, 2.05) is 12.1 Å². The zero-order valence-electron chi connectivity index (χ0n) is 17.4. The number of hydrogen-bond acceptors (Lipinski definition) is 4. The highest BCUT2D eigenvalue weighted by molar-refractivity contribution is 6.33. The van der Waals surface area contributed by atoms with Gasteiger partial charge >= 0.3 is 5.97 Å². The number of pyridine rings is 1. The first-order chi connectivity index (χ1) is 15.3. The predicted octanol–water partition coefficient (Wildman–Crippen LogP) is 4.78. The highest BCUT2D eigenvalue weighted by Crippen LogP contribution is 2.34. The molecule has 32 heavy (non-hydrogen) atoms. The number of piperidine rings is 1. The number of likely N-dealkylation sites (tertiary alicyclic amines) is 1. The molecule has 2 aromatic carbocycles. The molecule has 1 aromatic heterocycles. The second-order valence-corrected chi connectivity index (χ2v) is 8.29. The third-order valence-electron chi connectivity index (χ3n) is 5.68. The highest BCUT2D eigenvalue weighted by atomic mass is 35.5. The minimum absolute atomic E-state index is 0.197. The van der Waals surface area contributed by atoms with Gasteiger partial charge in [0, 0.05) is 36.3 Å². The fraction of sp³-hybridized carbons (Fsp3) is 0.292. The number of aromatic nitrogens is 1. The lowest BCUT2D eigenvalue weighted by Gasteiger charge is -2.32. The van der Waals surface area contributed by atoms with Gasteiger partial charge in [-0.15, -0.1) is 0 Å². The number of aliphatic carboxylic acids is 1. The maximum atomic E-state index is 13.4. The first-order valence-electron chi connectivity index (χ1n) is 10.4. The van der Waals surface area contributed by atoms with Crippen LogP contribution in [-0.2, 0) is 9.59 Å². The van der Waals surface area contributed by atoms with Gasteiger partial charge in [0.15, 0.2) is 6.10 Å². The van der Waals surface area contributed by atoms with Crippen LogP contribution in [-0.4, -0.2) is 46.1 Å². The normalized spacial score (nSPS) is 17.2. The van der Waals surface area contributed by atoms with Crippen molar-refractivity contribution in [1.82, 2.24) is 9.88 Å². The molecule has 0 saturated carbocycles. The molecule has 1 amide bonds. The fourth-order valence-corrected chi connectivity index (χ4v) is 4.30. The van der Waals surface area contributed by atoms with E-state index in [1.54, 1.807) is 36.2 Å². The minimum atomic E-state index is -0.881.